The summed E-state index contributed by atoms with van der Waals surface area (Å²) in [7, 11) is 2.93. The Balaban J connectivity index is 2.53. The molecule has 0 aromatic carbocycles. The minimum atomic E-state index is -0.762. The molecule has 1 rings (SSSR count). The molecular formula is C11H19NO3. The summed E-state index contributed by atoms with van der Waals surface area (Å²) >= 11 is 0. The van der Waals surface area contributed by atoms with E-state index in [1.807, 2.05) is 0 Å². The lowest BCUT2D eigenvalue weighted by Gasteiger charge is -2.25. The third-order valence-corrected chi connectivity index (χ3v) is 3.05. The highest BCUT2D eigenvalue weighted by Crippen LogP contribution is 2.21. The molecular weight excluding hydrogens is 194 g/mol. The summed E-state index contributed by atoms with van der Waals surface area (Å²) in [6, 6.07) is 0.207. The summed E-state index contributed by atoms with van der Waals surface area (Å²) in [6.45, 7) is 0. The molecule has 0 bridgehead atoms. The monoisotopic (exact) mass is 213 g/mol. The number of hydrogen-bond acceptors (Lipinski definition) is 3. The van der Waals surface area contributed by atoms with E-state index < -0.39 is 11.9 Å². The van der Waals surface area contributed by atoms with Gasteiger partial charge < -0.3 is 9.64 Å². The predicted octanol–water partition coefficient (Wildman–Crippen LogP) is 1.34. The summed E-state index contributed by atoms with van der Waals surface area (Å²) in [5.74, 6) is -1.29. The van der Waals surface area contributed by atoms with Crippen LogP contribution in [0.25, 0.3) is 0 Å². The Morgan fingerprint density at radius 3 is 2.13 bits per heavy atom. The van der Waals surface area contributed by atoms with Crippen LogP contribution in [0.15, 0.2) is 0 Å². The topological polar surface area (TPSA) is 46.6 Å². The van der Waals surface area contributed by atoms with Crippen LogP contribution in [0.5, 0.6) is 0 Å². The average Bonchev–Trinajstić information content (AvgIpc) is 2.54. The van der Waals surface area contributed by atoms with E-state index in [1.165, 1.54) is 24.9 Å². The van der Waals surface area contributed by atoms with Crippen molar-refractivity contribution in [3.8, 4) is 0 Å². The Bertz CT molecular complexity index is 232. The minimum absolute atomic E-state index is 0.207. The van der Waals surface area contributed by atoms with Gasteiger partial charge in [0.1, 0.15) is 0 Å². The predicted molar refractivity (Wildman–Crippen MR) is 56.3 cm³/mol. The average molecular weight is 213 g/mol. The van der Waals surface area contributed by atoms with Gasteiger partial charge in [-0.05, 0) is 12.8 Å². The summed E-state index contributed by atoms with van der Waals surface area (Å²) in [6.07, 6.45) is 6.75. The smallest absolute Gasteiger partial charge is 0.396 e. The summed E-state index contributed by atoms with van der Waals surface area (Å²) in [5.41, 5.74) is 0. The van der Waals surface area contributed by atoms with Gasteiger partial charge in [0.25, 0.3) is 0 Å². The van der Waals surface area contributed by atoms with Gasteiger partial charge in [-0.1, -0.05) is 25.7 Å². The lowest BCUT2D eigenvalue weighted by Crippen LogP contribution is -2.41. The van der Waals surface area contributed by atoms with Crippen LogP contribution in [0.1, 0.15) is 38.5 Å². The van der Waals surface area contributed by atoms with E-state index in [-0.39, 0.29) is 6.04 Å². The Morgan fingerprint density at radius 2 is 1.67 bits per heavy atom. The first kappa shape index (κ1) is 12.0. The van der Waals surface area contributed by atoms with E-state index in [0.717, 1.165) is 25.7 Å². The number of carbonyl (C=O) groups excluding carboxylic acids is 2. The second-order valence-electron chi connectivity index (χ2n) is 4.05. The van der Waals surface area contributed by atoms with E-state index in [9.17, 15) is 9.59 Å². The molecule has 1 fully saturated rings. The summed E-state index contributed by atoms with van der Waals surface area (Å²) < 4.78 is 4.43. The van der Waals surface area contributed by atoms with Crippen molar-refractivity contribution < 1.29 is 14.3 Å². The Hall–Kier alpha value is -1.06. The van der Waals surface area contributed by atoms with E-state index in [1.54, 1.807) is 7.05 Å². The van der Waals surface area contributed by atoms with Crippen molar-refractivity contribution in [1.29, 1.82) is 0 Å². The Kier molecular flexibility index (Phi) is 4.59. The number of carbonyl (C=O) groups is 2. The molecule has 1 aliphatic rings. The zero-order valence-corrected chi connectivity index (χ0v) is 9.49. The maximum absolute atomic E-state index is 11.5. The molecule has 0 aromatic rings. The van der Waals surface area contributed by atoms with Crippen LogP contribution in [0.2, 0.25) is 0 Å². The zero-order chi connectivity index (χ0) is 11.3. The van der Waals surface area contributed by atoms with Crippen LogP contribution >= 0.6 is 0 Å². The molecule has 0 spiro atoms. The number of esters is 1. The third kappa shape index (κ3) is 3.22. The minimum Gasteiger partial charge on any atom is -0.462 e. The second kappa shape index (κ2) is 5.73. The lowest BCUT2D eigenvalue weighted by molar-refractivity contribution is -0.158. The third-order valence-electron chi connectivity index (χ3n) is 3.05. The van der Waals surface area contributed by atoms with Gasteiger partial charge >= 0.3 is 11.9 Å². The van der Waals surface area contributed by atoms with Gasteiger partial charge in [-0.15, -0.1) is 0 Å². The van der Waals surface area contributed by atoms with Crippen LogP contribution in [-0.2, 0) is 14.3 Å². The molecule has 0 unspecified atom stereocenters. The maximum atomic E-state index is 11.5. The normalized spacial score (nSPS) is 18.0. The molecule has 0 heterocycles. The number of hydrogen-bond donors (Lipinski definition) is 0. The van der Waals surface area contributed by atoms with Crippen LogP contribution < -0.4 is 0 Å². The first-order valence-corrected chi connectivity index (χ1v) is 5.52. The number of rotatable bonds is 1. The highest BCUT2D eigenvalue weighted by Gasteiger charge is 2.26. The fourth-order valence-electron chi connectivity index (χ4n) is 2.04. The standard InChI is InChI=1S/C11H19NO3/c1-12(10(13)11(14)15-2)9-7-5-3-4-6-8-9/h9H,3-8H2,1-2H3. The first-order valence-electron chi connectivity index (χ1n) is 5.52. The van der Waals surface area contributed by atoms with Crippen molar-refractivity contribution in [3.05, 3.63) is 0 Å². The highest BCUT2D eigenvalue weighted by molar-refractivity contribution is 6.32. The van der Waals surface area contributed by atoms with Gasteiger partial charge in [-0.25, -0.2) is 4.79 Å². The van der Waals surface area contributed by atoms with Gasteiger partial charge in [0, 0.05) is 13.1 Å². The molecule has 0 N–H and O–H groups in total. The number of ether oxygens (including phenoxy) is 1. The SMILES string of the molecule is COC(=O)C(=O)N(C)C1CCCCCC1. The van der Waals surface area contributed by atoms with Crippen LogP contribution in [0.3, 0.4) is 0 Å². The molecule has 0 aliphatic heterocycles. The molecule has 1 amide bonds. The molecule has 0 atom stereocenters. The van der Waals surface area contributed by atoms with Crippen molar-refractivity contribution in [2.24, 2.45) is 0 Å². The van der Waals surface area contributed by atoms with Crippen LogP contribution in [0.4, 0.5) is 0 Å². The number of amides is 1. The zero-order valence-electron chi connectivity index (χ0n) is 9.49. The maximum Gasteiger partial charge on any atom is 0.396 e. The molecule has 4 heteroatoms. The second-order valence-corrected chi connectivity index (χ2v) is 4.05. The van der Waals surface area contributed by atoms with Crippen LogP contribution in [-0.4, -0.2) is 37.0 Å². The van der Waals surface area contributed by atoms with Crippen molar-refractivity contribution in [3.63, 3.8) is 0 Å². The number of likely N-dealkylation sites (N-methyl/N-ethyl adjacent to an activating group) is 1. The number of methoxy groups -OCH3 is 1. The van der Waals surface area contributed by atoms with E-state index in [4.69, 9.17) is 0 Å². The molecule has 0 radical (unpaired) electrons. The molecule has 15 heavy (non-hydrogen) atoms. The quantitative estimate of drug-likeness (QED) is 0.375. The van der Waals surface area contributed by atoms with Crippen LogP contribution in [0, 0.1) is 0 Å². The first-order chi connectivity index (χ1) is 7.16. The largest absolute Gasteiger partial charge is 0.462 e. The Labute approximate surface area is 90.6 Å². The van der Waals surface area contributed by atoms with E-state index >= 15 is 0 Å². The molecule has 0 aromatic heterocycles. The van der Waals surface area contributed by atoms with Gasteiger partial charge in [-0.3, -0.25) is 4.79 Å². The van der Waals surface area contributed by atoms with Crippen molar-refractivity contribution in [2.45, 2.75) is 44.6 Å². The molecule has 1 aliphatic carbocycles. The van der Waals surface area contributed by atoms with Gasteiger partial charge in [0.2, 0.25) is 0 Å². The number of nitrogens with zero attached hydrogens (tertiary/aromatic N) is 1. The lowest BCUT2D eigenvalue weighted by atomic mass is 10.1. The fraction of sp³-hybridized carbons (Fsp3) is 0.818. The van der Waals surface area contributed by atoms with E-state index in [0.29, 0.717) is 0 Å². The van der Waals surface area contributed by atoms with Crippen molar-refractivity contribution in [2.75, 3.05) is 14.2 Å². The molecule has 4 nitrogen and oxygen atoms in total. The molecule has 86 valence electrons. The fourth-order valence-corrected chi connectivity index (χ4v) is 2.04. The highest BCUT2D eigenvalue weighted by atomic mass is 16.5. The summed E-state index contributed by atoms with van der Waals surface area (Å²) in [5, 5.41) is 0. The van der Waals surface area contributed by atoms with Crippen molar-refractivity contribution >= 4 is 11.9 Å². The van der Waals surface area contributed by atoms with Gasteiger partial charge in [0.15, 0.2) is 0 Å². The van der Waals surface area contributed by atoms with Gasteiger partial charge in [0.05, 0.1) is 7.11 Å². The summed E-state index contributed by atoms with van der Waals surface area (Å²) in [4.78, 5) is 24.1. The van der Waals surface area contributed by atoms with Crippen molar-refractivity contribution in [1.82, 2.24) is 4.90 Å². The molecule has 0 saturated heterocycles. The van der Waals surface area contributed by atoms with Gasteiger partial charge in [-0.2, -0.15) is 0 Å². The Morgan fingerprint density at radius 1 is 1.13 bits per heavy atom. The molecule has 1 saturated carbocycles. The van der Waals surface area contributed by atoms with E-state index in [2.05, 4.69) is 4.74 Å².